The van der Waals surface area contributed by atoms with Crippen LogP contribution in [-0.4, -0.2) is 5.84 Å². The second kappa shape index (κ2) is 4.94. The third kappa shape index (κ3) is 2.13. The molecular formula is C16H16N6S. The van der Waals surface area contributed by atoms with Gasteiger partial charge in [-0.1, -0.05) is 36.0 Å². The summed E-state index contributed by atoms with van der Waals surface area (Å²) < 4.78 is 0. The standard InChI is InChI=1S/C16H16N6S/c17-10-7-5-9(6-8-10)16(19)13(14(18)21-22-16)15-20-11-3-1-2-4-12(11)23-15/h1-8,20,22H,17,19H2,(H2,18,21). The summed E-state index contributed by atoms with van der Waals surface area (Å²) in [7, 11) is 0. The predicted molar refractivity (Wildman–Crippen MR) is 94.4 cm³/mol. The molecule has 8 N–H and O–H groups in total. The highest BCUT2D eigenvalue weighted by atomic mass is 32.2. The molecule has 2 heterocycles. The number of hydrogen-bond acceptors (Lipinski definition) is 7. The third-order valence-electron chi connectivity index (χ3n) is 3.94. The first-order valence-electron chi connectivity index (χ1n) is 7.12. The van der Waals surface area contributed by atoms with Gasteiger partial charge < -0.3 is 16.8 Å². The van der Waals surface area contributed by atoms with E-state index < -0.39 is 5.66 Å². The Kier molecular flexibility index (Phi) is 3.00. The fourth-order valence-electron chi connectivity index (χ4n) is 2.74. The lowest BCUT2D eigenvalue weighted by Gasteiger charge is -2.27. The van der Waals surface area contributed by atoms with Crippen LogP contribution < -0.4 is 27.9 Å². The summed E-state index contributed by atoms with van der Waals surface area (Å²) in [6.07, 6.45) is 0. The molecule has 0 aliphatic carbocycles. The lowest BCUT2D eigenvalue weighted by molar-refractivity contribution is 0.455. The van der Waals surface area contributed by atoms with Gasteiger partial charge in [-0.25, -0.2) is 0 Å². The van der Waals surface area contributed by atoms with Crippen LogP contribution in [0.15, 0.2) is 69.1 Å². The van der Waals surface area contributed by atoms with Crippen molar-refractivity contribution in [2.24, 2.45) is 16.6 Å². The van der Waals surface area contributed by atoms with Gasteiger partial charge in [0.05, 0.1) is 16.3 Å². The number of hydrogen-bond donors (Lipinski definition) is 5. The Hall–Kier alpha value is -2.64. The fraction of sp³-hybridized carbons (Fsp3) is 0.0625. The second-order valence-electron chi connectivity index (χ2n) is 5.47. The summed E-state index contributed by atoms with van der Waals surface area (Å²) in [4.78, 5) is 1.13. The maximum Gasteiger partial charge on any atom is 0.160 e. The van der Waals surface area contributed by atoms with Gasteiger partial charge in [0.15, 0.2) is 11.5 Å². The first kappa shape index (κ1) is 14.0. The zero-order valence-electron chi connectivity index (χ0n) is 12.2. The SMILES string of the molecule is NC1=NNC(N)(c2ccc(N)cc2)C1=C1Nc2ccccc2S1. The summed E-state index contributed by atoms with van der Waals surface area (Å²) in [5, 5.41) is 8.42. The Morgan fingerprint density at radius 2 is 1.74 bits per heavy atom. The Labute approximate surface area is 137 Å². The van der Waals surface area contributed by atoms with E-state index in [0.717, 1.165) is 26.7 Å². The van der Waals surface area contributed by atoms with Crippen LogP contribution in [0.25, 0.3) is 0 Å². The molecule has 1 atom stereocenters. The largest absolute Gasteiger partial charge is 0.399 e. The molecule has 23 heavy (non-hydrogen) atoms. The zero-order valence-corrected chi connectivity index (χ0v) is 13.0. The Morgan fingerprint density at radius 3 is 2.48 bits per heavy atom. The molecule has 116 valence electrons. The maximum absolute atomic E-state index is 6.62. The van der Waals surface area contributed by atoms with Gasteiger partial charge in [-0.05, 0) is 29.8 Å². The van der Waals surface area contributed by atoms with Gasteiger partial charge >= 0.3 is 0 Å². The van der Waals surface area contributed by atoms with Gasteiger partial charge in [0.1, 0.15) is 0 Å². The van der Waals surface area contributed by atoms with Crippen molar-refractivity contribution in [3.8, 4) is 0 Å². The molecule has 6 nitrogen and oxygen atoms in total. The van der Waals surface area contributed by atoms with Crippen LogP contribution in [0.1, 0.15) is 5.56 Å². The quantitative estimate of drug-likeness (QED) is 0.510. The maximum atomic E-state index is 6.62. The molecule has 0 fully saturated rings. The predicted octanol–water partition coefficient (Wildman–Crippen LogP) is 1.69. The number of para-hydroxylation sites is 1. The number of benzene rings is 2. The topological polar surface area (TPSA) is 114 Å². The number of nitrogen functional groups attached to an aromatic ring is 1. The van der Waals surface area contributed by atoms with Crippen molar-refractivity contribution in [1.82, 2.24) is 5.43 Å². The lowest BCUT2D eigenvalue weighted by Crippen LogP contribution is -2.48. The van der Waals surface area contributed by atoms with Crippen molar-refractivity contribution in [3.63, 3.8) is 0 Å². The highest BCUT2D eigenvalue weighted by Gasteiger charge is 2.42. The van der Waals surface area contributed by atoms with E-state index in [-0.39, 0.29) is 0 Å². The first-order valence-corrected chi connectivity index (χ1v) is 7.94. The number of nitrogens with zero attached hydrogens (tertiary/aromatic N) is 1. The van der Waals surface area contributed by atoms with Crippen molar-refractivity contribution < 1.29 is 0 Å². The molecule has 4 rings (SSSR count). The zero-order chi connectivity index (χ0) is 16.0. The summed E-state index contributed by atoms with van der Waals surface area (Å²) >= 11 is 1.60. The summed E-state index contributed by atoms with van der Waals surface area (Å²) in [6.45, 7) is 0. The summed E-state index contributed by atoms with van der Waals surface area (Å²) in [5.74, 6) is 0.382. The molecule has 0 bridgehead atoms. The summed E-state index contributed by atoms with van der Waals surface area (Å²) in [5.41, 5.74) is 23.8. The molecule has 2 aliphatic rings. The molecule has 0 saturated heterocycles. The van der Waals surface area contributed by atoms with Crippen LogP contribution in [0.3, 0.4) is 0 Å². The van der Waals surface area contributed by atoms with Crippen LogP contribution in [0.4, 0.5) is 11.4 Å². The molecule has 0 amide bonds. The van der Waals surface area contributed by atoms with E-state index in [1.165, 1.54) is 0 Å². The van der Waals surface area contributed by atoms with E-state index in [0.29, 0.717) is 11.5 Å². The monoisotopic (exact) mass is 324 g/mol. The average Bonchev–Trinajstić information content (AvgIpc) is 3.09. The van der Waals surface area contributed by atoms with Crippen LogP contribution in [0.2, 0.25) is 0 Å². The minimum atomic E-state index is -0.991. The second-order valence-corrected chi connectivity index (χ2v) is 6.52. The van der Waals surface area contributed by atoms with E-state index in [1.807, 2.05) is 42.5 Å². The molecule has 7 heteroatoms. The number of nitrogens with one attached hydrogen (secondary N) is 2. The third-order valence-corrected chi connectivity index (χ3v) is 5.03. The molecule has 2 aliphatic heterocycles. The highest BCUT2D eigenvalue weighted by molar-refractivity contribution is 8.03. The van der Waals surface area contributed by atoms with Crippen LogP contribution in [-0.2, 0) is 5.66 Å². The average molecular weight is 324 g/mol. The summed E-state index contributed by atoms with van der Waals surface area (Å²) in [6, 6.07) is 15.4. The normalized spacial score (nSPS) is 25.5. The number of fused-ring (bicyclic) bond motifs is 1. The van der Waals surface area contributed by atoms with Crippen molar-refractivity contribution in [1.29, 1.82) is 0 Å². The van der Waals surface area contributed by atoms with E-state index in [2.05, 4.69) is 21.9 Å². The fourth-order valence-corrected chi connectivity index (χ4v) is 3.87. The number of thioether (sulfide) groups is 1. The molecule has 2 aromatic carbocycles. The van der Waals surface area contributed by atoms with Crippen molar-refractivity contribution >= 4 is 29.0 Å². The Morgan fingerprint density at radius 1 is 1.00 bits per heavy atom. The van der Waals surface area contributed by atoms with E-state index in [9.17, 15) is 0 Å². The van der Waals surface area contributed by atoms with Crippen LogP contribution >= 0.6 is 11.8 Å². The van der Waals surface area contributed by atoms with Crippen molar-refractivity contribution in [2.45, 2.75) is 10.6 Å². The van der Waals surface area contributed by atoms with E-state index in [1.54, 1.807) is 11.8 Å². The molecule has 2 aromatic rings. The molecule has 0 spiro atoms. The Bertz CT molecular complexity index is 815. The molecular weight excluding hydrogens is 308 g/mol. The minimum Gasteiger partial charge on any atom is -0.399 e. The van der Waals surface area contributed by atoms with Gasteiger partial charge in [0, 0.05) is 10.6 Å². The van der Waals surface area contributed by atoms with Gasteiger partial charge in [0.25, 0.3) is 0 Å². The van der Waals surface area contributed by atoms with Gasteiger partial charge in [-0.2, -0.15) is 5.10 Å². The number of amidine groups is 1. The van der Waals surface area contributed by atoms with Gasteiger partial charge in [-0.15, -0.1) is 0 Å². The molecule has 0 aromatic heterocycles. The van der Waals surface area contributed by atoms with Crippen molar-refractivity contribution in [2.75, 3.05) is 11.1 Å². The van der Waals surface area contributed by atoms with Gasteiger partial charge in [0.2, 0.25) is 0 Å². The number of hydrazone groups is 1. The molecule has 0 radical (unpaired) electrons. The van der Waals surface area contributed by atoms with E-state index in [4.69, 9.17) is 17.2 Å². The Balaban J connectivity index is 1.81. The van der Waals surface area contributed by atoms with E-state index >= 15 is 0 Å². The number of rotatable bonds is 1. The van der Waals surface area contributed by atoms with Crippen LogP contribution in [0.5, 0.6) is 0 Å². The molecule has 1 unspecified atom stereocenters. The first-order chi connectivity index (χ1) is 11.1. The van der Waals surface area contributed by atoms with Crippen molar-refractivity contribution in [3.05, 3.63) is 64.7 Å². The highest BCUT2D eigenvalue weighted by Crippen LogP contribution is 2.45. The van der Waals surface area contributed by atoms with Crippen LogP contribution in [0, 0.1) is 0 Å². The smallest absolute Gasteiger partial charge is 0.160 e. The number of anilines is 2. The minimum absolute atomic E-state index is 0.382. The lowest BCUT2D eigenvalue weighted by atomic mass is 9.93. The van der Waals surface area contributed by atoms with Gasteiger partial charge in [-0.3, -0.25) is 11.2 Å². The molecule has 0 saturated carbocycles. The number of nitrogens with two attached hydrogens (primary N) is 3.